The van der Waals surface area contributed by atoms with Crippen molar-refractivity contribution < 1.29 is 29.3 Å². The van der Waals surface area contributed by atoms with Crippen molar-refractivity contribution in [2.45, 2.75) is 19.1 Å². The Balaban J connectivity index is 1.73. The van der Waals surface area contributed by atoms with Crippen molar-refractivity contribution in [3.8, 4) is 0 Å². The van der Waals surface area contributed by atoms with Crippen LogP contribution in [0.2, 0.25) is 0 Å². The maximum Gasteiger partial charge on any atom is 0.259 e. The van der Waals surface area contributed by atoms with Crippen LogP contribution in [0.3, 0.4) is 0 Å². The molecule has 0 aliphatic carbocycles. The van der Waals surface area contributed by atoms with Gasteiger partial charge in [0.1, 0.15) is 12.4 Å². The third-order valence-corrected chi connectivity index (χ3v) is 5.09. The fraction of sp³-hybridized carbons (Fsp3) is 0.273. The number of morpholine rings is 1. The van der Waals surface area contributed by atoms with Crippen molar-refractivity contribution in [2.75, 3.05) is 35.3 Å². The molecule has 2 aromatic carbocycles. The van der Waals surface area contributed by atoms with Crippen LogP contribution in [0.1, 0.15) is 11.1 Å². The first-order valence-corrected chi connectivity index (χ1v) is 10.1. The van der Waals surface area contributed by atoms with Crippen molar-refractivity contribution >= 4 is 40.6 Å². The molecule has 1 heterocycles. The van der Waals surface area contributed by atoms with Gasteiger partial charge in [-0.3, -0.25) is 19.8 Å². The molecule has 0 aromatic heterocycles. The zero-order chi connectivity index (χ0) is 24.1. The molecule has 0 radical (unpaired) electrons. The molecule has 7 N–H and O–H groups in total. The van der Waals surface area contributed by atoms with Gasteiger partial charge in [0.25, 0.3) is 11.8 Å². The lowest BCUT2D eigenvalue weighted by atomic mass is 10.1. The first kappa shape index (κ1) is 23.9. The summed E-state index contributed by atoms with van der Waals surface area (Å²) in [4.78, 5) is 38.4. The molecule has 1 aliphatic heterocycles. The molecule has 2 aromatic rings. The number of benzene rings is 2. The second-order valence-electron chi connectivity index (χ2n) is 7.41. The second kappa shape index (κ2) is 10.2. The Bertz CT molecular complexity index is 1070. The fourth-order valence-corrected chi connectivity index (χ4v) is 3.28. The maximum atomic E-state index is 13.0. The average Bonchev–Trinajstić information content (AvgIpc) is 2.80. The number of anilines is 3. The number of ether oxygens (including phenoxy) is 1. The quantitative estimate of drug-likeness (QED) is 0.250. The van der Waals surface area contributed by atoms with Crippen LogP contribution in [0.25, 0.3) is 0 Å². The summed E-state index contributed by atoms with van der Waals surface area (Å²) in [6.07, 6.45) is -3.20. The normalized spacial score (nSPS) is 16.8. The molecular weight excluding hydrogens is 430 g/mol. The van der Waals surface area contributed by atoms with E-state index in [2.05, 4.69) is 10.6 Å². The lowest BCUT2D eigenvalue weighted by molar-refractivity contribution is -0.150. The molecule has 3 rings (SSSR count). The van der Waals surface area contributed by atoms with E-state index in [0.717, 1.165) is 5.56 Å². The molecule has 174 valence electrons. The highest BCUT2D eigenvalue weighted by molar-refractivity contribution is 6.04. The van der Waals surface area contributed by atoms with E-state index in [-0.39, 0.29) is 19.0 Å². The molecule has 3 amide bonds. The number of aliphatic hydroxyl groups excluding tert-OH is 2. The minimum atomic E-state index is -1.77. The number of nitrogens with zero attached hydrogens (tertiary/aromatic N) is 1. The van der Waals surface area contributed by atoms with E-state index in [0.29, 0.717) is 22.6 Å². The summed E-state index contributed by atoms with van der Waals surface area (Å²) < 4.78 is 5.40. The molecule has 1 aliphatic rings. The molecule has 11 nitrogen and oxygen atoms in total. The third-order valence-electron chi connectivity index (χ3n) is 5.09. The van der Waals surface area contributed by atoms with E-state index < -0.39 is 36.5 Å². The van der Waals surface area contributed by atoms with Gasteiger partial charge in [-0.25, -0.2) is 0 Å². The van der Waals surface area contributed by atoms with E-state index in [1.54, 1.807) is 37.3 Å². The van der Waals surface area contributed by atoms with Crippen molar-refractivity contribution in [2.24, 2.45) is 5.73 Å². The van der Waals surface area contributed by atoms with Gasteiger partial charge in [-0.05, 0) is 48.9 Å². The monoisotopic (exact) mass is 455 g/mol. The molecule has 0 bridgehead atoms. The highest BCUT2D eigenvalue weighted by atomic mass is 16.5. The van der Waals surface area contributed by atoms with E-state index in [1.807, 2.05) is 0 Å². The average molecular weight is 455 g/mol. The van der Waals surface area contributed by atoms with Crippen LogP contribution in [0.4, 0.5) is 17.1 Å². The number of carbonyl (C=O) groups excluding carboxylic acids is 3. The number of nitrogens with one attached hydrogen (secondary N) is 3. The Morgan fingerprint density at radius 3 is 2.58 bits per heavy atom. The number of carbonyl (C=O) groups is 3. The highest BCUT2D eigenvalue weighted by Gasteiger charge is 2.39. The van der Waals surface area contributed by atoms with Crippen molar-refractivity contribution in [3.05, 3.63) is 53.6 Å². The summed E-state index contributed by atoms with van der Waals surface area (Å²) >= 11 is 0. The van der Waals surface area contributed by atoms with Crippen LogP contribution in [-0.2, 0) is 19.1 Å². The zero-order valence-electron chi connectivity index (χ0n) is 17.9. The standard InChI is InChI=1S/C22H25N5O6/c1-12-2-7-15(10-16(12)26-17(29)11-28)27-8-9-33-19(22(27)32)18(30)21(31)25-14-5-3-13(4-6-14)20(23)24/h2-7,10,18-19,28,30H,8-9,11H2,1H3,(H3,23,24)(H,25,31)(H,26,29)/t18-,19?/m1/s1. The van der Waals surface area contributed by atoms with Crippen LogP contribution >= 0.6 is 0 Å². The van der Waals surface area contributed by atoms with Gasteiger partial charge < -0.3 is 36.2 Å². The smallest absolute Gasteiger partial charge is 0.259 e. The number of nitrogens with two attached hydrogens (primary N) is 1. The number of rotatable bonds is 7. The van der Waals surface area contributed by atoms with Gasteiger partial charge in [0.15, 0.2) is 12.2 Å². The Hall–Kier alpha value is -3.80. The number of hydrogen-bond acceptors (Lipinski definition) is 7. The molecule has 2 atom stereocenters. The van der Waals surface area contributed by atoms with Crippen LogP contribution in [0.15, 0.2) is 42.5 Å². The van der Waals surface area contributed by atoms with Gasteiger partial charge >= 0.3 is 0 Å². The highest BCUT2D eigenvalue weighted by Crippen LogP contribution is 2.26. The Labute approximate surface area is 189 Å². The predicted molar refractivity (Wildman–Crippen MR) is 121 cm³/mol. The van der Waals surface area contributed by atoms with Crippen LogP contribution in [-0.4, -0.2) is 65.7 Å². The topological polar surface area (TPSA) is 178 Å². The fourth-order valence-electron chi connectivity index (χ4n) is 3.28. The minimum absolute atomic E-state index is 0.0836. The van der Waals surface area contributed by atoms with Crippen LogP contribution in [0, 0.1) is 12.3 Å². The number of amides is 3. The first-order valence-electron chi connectivity index (χ1n) is 10.1. The summed E-state index contributed by atoms with van der Waals surface area (Å²) in [5, 5.41) is 31.9. The summed E-state index contributed by atoms with van der Waals surface area (Å²) in [6.45, 7) is 1.35. The summed E-state index contributed by atoms with van der Waals surface area (Å²) in [5.41, 5.74) is 7.83. The Morgan fingerprint density at radius 1 is 1.24 bits per heavy atom. The van der Waals surface area contributed by atoms with E-state index in [9.17, 15) is 19.5 Å². The summed E-state index contributed by atoms with van der Waals surface area (Å²) in [6, 6.07) is 11.1. The molecule has 11 heteroatoms. The number of aliphatic hydroxyl groups is 2. The zero-order valence-corrected chi connectivity index (χ0v) is 17.9. The van der Waals surface area contributed by atoms with E-state index in [4.69, 9.17) is 21.0 Å². The van der Waals surface area contributed by atoms with E-state index in [1.165, 1.54) is 17.0 Å². The van der Waals surface area contributed by atoms with Gasteiger partial charge in [-0.1, -0.05) is 6.07 Å². The summed E-state index contributed by atoms with van der Waals surface area (Å²) in [7, 11) is 0. The van der Waals surface area contributed by atoms with Gasteiger partial charge in [-0.2, -0.15) is 0 Å². The third kappa shape index (κ3) is 5.52. The van der Waals surface area contributed by atoms with Crippen molar-refractivity contribution in [1.82, 2.24) is 0 Å². The number of hydrogen-bond donors (Lipinski definition) is 6. The van der Waals surface area contributed by atoms with Gasteiger partial charge in [0.05, 0.1) is 6.61 Å². The van der Waals surface area contributed by atoms with E-state index >= 15 is 0 Å². The molecule has 1 unspecified atom stereocenters. The summed E-state index contributed by atoms with van der Waals surface area (Å²) in [5.74, 6) is -2.15. The number of amidine groups is 1. The van der Waals surface area contributed by atoms with Crippen LogP contribution in [0.5, 0.6) is 0 Å². The maximum absolute atomic E-state index is 13.0. The minimum Gasteiger partial charge on any atom is -0.387 e. The molecule has 1 saturated heterocycles. The molecular formula is C22H25N5O6. The molecule has 0 spiro atoms. The number of nitrogen functional groups attached to an aromatic ring is 1. The Morgan fingerprint density at radius 2 is 1.94 bits per heavy atom. The molecule has 33 heavy (non-hydrogen) atoms. The molecule has 1 fully saturated rings. The lowest BCUT2D eigenvalue weighted by Crippen LogP contribution is -2.55. The predicted octanol–water partition coefficient (Wildman–Crippen LogP) is -0.0587. The number of aryl methyl sites for hydroxylation is 1. The Kier molecular flexibility index (Phi) is 7.38. The van der Waals surface area contributed by atoms with Gasteiger partial charge in [0, 0.05) is 29.2 Å². The van der Waals surface area contributed by atoms with Gasteiger partial charge in [-0.15, -0.1) is 0 Å². The van der Waals surface area contributed by atoms with Crippen molar-refractivity contribution in [3.63, 3.8) is 0 Å². The first-order chi connectivity index (χ1) is 15.7. The van der Waals surface area contributed by atoms with Gasteiger partial charge in [0.2, 0.25) is 5.91 Å². The molecule has 0 saturated carbocycles. The lowest BCUT2D eigenvalue weighted by Gasteiger charge is -2.34. The SMILES string of the molecule is Cc1ccc(N2CCOC([C@@H](O)C(=O)Nc3ccc(C(=N)N)cc3)C2=O)cc1NC(=O)CO. The largest absolute Gasteiger partial charge is 0.387 e. The second-order valence-corrected chi connectivity index (χ2v) is 7.41. The van der Waals surface area contributed by atoms with Crippen molar-refractivity contribution in [1.29, 1.82) is 5.41 Å². The van der Waals surface area contributed by atoms with Crippen LogP contribution < -0.4 is 21.3 Å².